The van der Waals surface area contributed by atoms with E-state index in [-0.39, 0.29) is 0 Å². The molecule has 1 aromatic carbocycles. The molecule has 0 aromatic heterocycles. The number of nitrogens with two attached hydrogens (primary N) is 1. The van der Waals surface area contributed by atoms with Crippen LogP contribution < -0.4 is 11.1 Å². The predicted molar refractivity (Wildman–Crippen MR) is 82.5 cm³/mol. The number of aryl methyl sites for hydroxylation is 1. The van der Waals surface area contributed by atoms with Gasteiger partial charge in [0.15, 0.2) is 0 Å². The Bertz CT molecular complexity index is 378. The van der Waals surface area contributed by atoms with Crippen LogP contribution in [0.15, 0.2) is 24.3 Å². The Morgan fingerprint density at radius 1 is 1.05 bits per heavy atom. The summed E-state index contributed by atoms with van der Waals surface area (Å²) in [5, 5.41) is 3.32. The quantitative estimate of drug-likeness (QED) is 0.501. The molecule has 20 heavy (non-hydrogen) atoms. The van der Waals surface area contributed by atoms with Crippen molar-refractivity contribution in [3.8, 4) is 0 Å². The molecule has 0 bridgehead atoms. The van der Waals surface area contributed by atoms with E-state index in [1.807, 2.05) is 0 Å². The Kier molecular flexibility index (Phi) is 7.97. The number of hydrogen-bond acceptors (Lipinski definition) is 5. The molecule has 0 unspecified atom stereocenters. The molecule has 5 nitrogen and oxygen atoms in total. The molecule has 0 aliphatic carbocycles. The molecule has 0 radical (unpaired) electrons. The highest BCUT2D eigenvalue weighted by Crippen LogP contribution is 2.19. The topological polar surface area (TPSA) is 65.7 Å². The van der Waals surface area contributed by atoms with E-state index in [1.165, 1.54) is 11.1 Å². The zero-order valence-electron chi connectivity index (χ0n) is 12.6. The van der Waals surface area contributed by atoms with E-state index in [9.17, 15) is 0 Å². The van der Waals surface area contributed by atoms with Gasteiger partial charge in [-0.15, -0.1) is 0 Å². The molecular formula is C14H26N2O3Si. The second-order valence-corrected chi connectivity index (χ2v) is 7.62. The summed E-state index contributed by atoms with van der Waals surface area (Å²) in [6.07, 6.45) is 0.877. The lowest BCUT2D eigenvalue weighted by Crippen LogP contribution is -2.43. The lowest BCUT2D eigenvalue weighted by molar-refractivity contribution is 0.123. The Balaban J connectivity index is 2.67. The van der Waals surface area contributed by atoms with Crippen LogP contribution >= 0.6 is 0 Å². The van der Waals surface area contributed by atoms with Crippen LogP contribution in [-0.2, 0) is 26.2 Å². The first-order valence-corrected chi connectivity index (χ1v) is 8.77. The first kappa shape index (κ1) is 17.3. The van der Waals surface area contributed by atoms with Crippen molar-refractivity contribution in [2.75, 3.05) is 34.4 Å². The third-order valence-corrected chi connectivity index (χ3v) is 6.12. The van der Waals surface area contributed by atoms with Crippen LogP contribution in [0.5, 0.6) is 0 Å². The third kappa shape index (κ3) is 4.97. The van der Waals surface area contributed by atoms with E-state index in [1.54, 1.807) is 21.3 Å². The summed E-state index contributed by atoms with van der Waals surface area (Å²) in [6.45, 7) is 2.30. The van der Waals surface area contributed by atoms with Gasteiger partial charge in [-0.05, 0) is 17.5 Å². The lowest BCUT2D eigenvalue weighted by Gasteiger charge is -2.24. The molecule has 114 valence electrons. The molecule has 6 heteroatoms. The molecule has 0 saturated heterocycles. The minimum atomic E-state index is -2.50. The van der Waals surface area contributed by atoms with Crippen molar-refractivity contribution in [1.29, 1.82) is 0 Å². The molecule has 0 heterocycles. The van der Waals surface area contributed by atoms with Crippen LogP contribution in [0.1, 0.15) is 11.1 Å². The van der Waals surface area contributed by atoms with Crippen molar-refractivity contribution in [2.45, 2.75) is 19.0 Å². The second-order valence-electron chi connectivity index (χ2n) is 4.53. The van der Waals surface area contributed by atoms with Crippen LogP contribution in [0.25, 0.3) is 0 Å². The Morgan fingerprint density at radius 2 is 1.65 bits per heavy atom. The summed E-state index contributed by atoms with van der Waals surface area (Å²) >= 11 is 0. The summed E-state index contributed by atoms with van der Waals surface area (Å²) in [4.78, 5) is 0. The van der Waals surface area contributed by atoms with Crippen molar-refractivity contribution >= 4 is 8.80 Å². The molecule has 0 amide bonds. The number of benzene rings is 1. The van der Waals surface area contributed by atoms with Gasteiger partial charge in [-0.3, -0.25) is 0 Å². The van der Waals surface area contributed by atoms with Crippen molar-refractivity contribution < 1.29 is 13.3 Å². The SMILES string of the molecule is CO[Si](CCc1ccccc1CNCCN)(OC)OC. The highest BCUT2D eigenvalue weighted by atomic mass is 28.4. The molecular weight excluding hydrogens is 272 g/mol. The standard InChI is InChI=1S/C14H26N2O3Si/c1-17-20(18-2,19-3)11-8-13-6-4-5-7-14(13)12-16-10-9-15/h4-7,16H,8-12,15H2,1-3H3. The van der Waals surface area contributed by atoms with Gasteiger partial charge in [0, 0.05) is 47.0 Å². The summed E-state index contributed by atoms with van der Waals surface area (Å²) in [5.74, 6) is 0. The van der Waals surface area contributed by atoms with Crippen molar-refractivity contribution in [2.24, 2.45) is 5.73 Å². The van der Waals surface area contributed by atoms with E-state index in [0.29, 0.717) is 6.54 Å². The zero-order chi connectivity index (χ0) is 14.8. The summed E-state index contributed by atoms with van der Waals surface area (Å²) in [6, 6.07) is 9.15. The van der Waals surface area contributed by atoms with Gasteiger partial charge in [0.1, 0.15) is 0 Å². The highest BCUT2D eigenvalue weighted by Gasteiger charge is 2.37. The highest BCUT2D eigenvalue weighted by molar-refractivity contribution is 6.60. The van der Waals surface area contributed by atoms with Crippen LogP contribution in [0.4, 0.5) is 0 Å². The largest absolute Gasteiger partial charge is 0.500 e. The summed E-state index contributed by atoms with van der Waals surface area (Å²) in [5.41, 5.74) is 8.07. The van der Waals surface area contributed by atoms with Gasteiger partial charge in [0.25, 0.3) is 0 Å². The Labute approximate surface area is 122 Å². The van der Waals surface area contributed by atoms with Crippen LogP contribution in [0.2, 0.25) is 6.04 Å². The minimum absolute atomic E-state index is 0.648. The molecule has 0 spiro atoms. The van der Waals surface area contributed by atoms with Crippen molar-refractivity contribution in [3.63, 3.8) is 0 Å². The van der Waals surface area contributed by atoms with Crippen LogP contribution in [-0.4, -0.2) is 43.2 Å². The fourth-order valence-electron chi connectivity index (χ4n) is 2.14. The van der Waals surface area contributed by atoms with E-state index >= 15 is 0 Å². The second kappa shape index (κ2) is 9.22. The monoisotopic (exact) mass is 298 g/mol. The molecule has 0 saturated carbocycles. The van der Waals surface area contributed by atoms with Gasteiger partial charge in [0.05, 0.1) is 0 Å². The molecule has 1 aromatic rings. The van der Waals surface area contributed by atoms with E-state index in [0.717, 1.165) is 25.6 Å². The first-order valence-electron chi connectivity index (χ1n) is 6.84. The van der Waals surface area contributed by atoms with Gasteiger partial charge in [-0.25, -0.2) is 0 Å². The zero-order valence-corrected chi connectivity index (χ0v) is 13.6. The van der Waals surface area contributed by atoms with Crippen LogP contribution in [0.3, 0.4) is 0 Å². The first-order chi connectivity index (χ1) is 9.71. The minimum Gasteiger partial charge on any atom is -0.377 e. The number of nitrogens with one attached hydrogen (secondary N) is 1. The molecule has 3 N–H and O–H groups in total. The third-order valence-electron chi connectivity index (χ3n) is 3.39. The molecule has 0 aliphatic rings. The molecule has 0 atom stereocenters. The average Bonchev–Trinajstić information content (AvgIpc) is 2.51. The fourth-order valence-corrected chi connectivity index (χ4v) is 3.83. The maximum Gasteiger partial charge on any atom is 0.500 e. The van der Waals surface area contributed by atoms with Crippen LogP contribution in [0, 0.1) is 0 Å². The average molecular weight is 298 g/mol. The van der Waals surface area contributed by atoms with E-state index < -0.39 is 8.80 Å². The number of hydrogen-bond donors (Lipinski definition) is 2. The van der Waals surface area contributed by atoms with E-state index in [4.69, 9.17) is 19.0 Å². The molecule has 0 aliphatic heterocycles. The van der Waals surface area contributed by atoms with Crippen molar-refractivity contribution in [1.82, 2.24) is 5.32 Å². The maximum atomic E-state index is 5.49. The van der Waals surface area contributed by atoms with Gasteiger partial charge >= 0.3 is 8.80 Å². The summed E-state index contributed by atoms with van der Waals surface area (Å²) < 4.78 is 16.4. The normalized spacial score (nSPS) is 11.8. The van der Waals surface area contributed by atoms with Gasteiger partial charge < -0.3 is 24.3 Å². The van der Waals surface area contributed by atoms with Gasteiger partial charge in [-0.2, -0.15) is 0 Å². The molecule has 0 fully saturated rings. The smallest absolute Gasteiger partial charge is 0.377 e. The lowest BCUT2D eigenvalue weighted by atomic mass is 10.1. The number of rotatable bonds is 10. The van der Waals surface area contributed by atoms with Gasteiger partial charge in [-0.1, -0.05) is 24.3 Å². The van der Waals surface area contributed by atoms with E-state index in [2.05, 4.69) is 29.6 Å². The molecule has 1 rings (SSSR count). The maximum absolute atomic E-state index is 5.49. The summed E-state index contributed by atoms with van der Waals surface area (Å²) in [7, 11) is 2.44. The van der Waals surface area contributed by atoms with Crippen molar-refractivity contribution in [3.05, 3.63) is 35.4 Å². The Hall–Kier alpha value is -0.763. The Morgan fingerprint density at radius 3 is 2.20 bits per heavy atom. The van der Waals surface area contributed by atoms with Gasteiger partial charge in [0.2, 0.25) is 0 Å². The predicted octanol–water partition coefficient (Wildman–Crippen LogP) is 1.16. The fraction of sp³-hybridized carbons (Fsp3) is 0.571.